The summed E-state index contributed by atoms with van der Waals surface area (Å²) in [5, 5.41) is 9.04. The molecule has 0 amide bonds. The maximum absolute atomic E-state index is 12.8. The highest BCUT2D eigenvalue weighted by Crippen LogP contribution is 2.17. The first kappa shape index (κ1) is 60.6. The molecule has 0 bridgehead atoms. The van der Waals surface area contributed by atoms with Crippen LogP contribution in [0.25, 0.3) is 0 Å². The van der Waals surface area contributed by atoms with Gasteiger partial charge >= 0.3 is 17.9 Å². The smallest absolute Gasteiger partial charge is 0.306 e. The lowest BCUT2D eigenvalue weighted by molar-refractivity contribution is -0.206. The van der Waals surface area contributed by atoms with Crippen molar-refractivity contribution in [2.24, 2.45) is 0 Å². The Bertz CT molecular complexity index is 1060. The molecular formula is C55H102O8. The van der Waals surface area contributed by atoms with E-state index in [-0.39, 0.29) is 31.1 Å². The maximum Gasteiger partial charge on any atom is 0.306 e. The molecule has 0 radical (unpaired) electrons. The molecule has 1 N–H and O–H groups in total. The second-order valence-corrected chi connectivity index (χ2v) is 18.4. The van der Waals surface area contributed by atoms with E-state index in [1.54, 1.807) is 0 Å². The molecule has 0 saturated carbocycles. The standard InChI is InChI=1S/C55H102O8/c1-4-7-10-12-14-16-18-20-21-23-25-29-34-38-43-48-55(58)62-52(49-60-53(56)46-41-36-32-28-24-22-19-17-15-13-11-8-5-2)50-61-54(57)47-42-37-33-30-26-27-31-35-40-45-51(63-59)44-39-9-6-3/h31,35,45,52,59H,4-30,32-34,36-44,46-50H2,1-3H3/b35-31-,51-45+. The normalized spacial score (nSPS) is 12.2. The molecule has 0 saturated heterocycles. The van der Waals surface area contributed by atoms with Gasteiger partial charge in [-0.25, -0.2) is 5.26 Å². The predicted molar refractivity (Wildman–Crippen MR) is 264 cm³/mol. The predicted octanol–water partition coefficient (Wildman–Crippen LogP) is 17.4. The largest absolute Gasteiger partial charge is 0.462 e. The van der Waals surface area contributed by atoms with Gasteiger partial charge in [-0.2, -0.15) is 0 Å². The first-order chi connectivity index (χ1) is 31.0. The van der Waals surface area contributed by atoms with Crippen LogP contribution in [0.2, 0.25) is 0 Å². The Kier molecular flexibility index (Phi) is 48.8. The number of rotatable bonds is 50. The minimum atomic E-state index is -0.791. The van der Waals surface area contributed by atoms with Crippen LogP contribution in [0.4, 0.5) is 0 Å². The minimum absolute atomic E-state index is 0.0881. The van der Waals surface area contributed by atoms with Crippen LogP contribution in [-0.2, 0) is 33.5 Å². The monoisotopic (exact) mass is 891 g/mol. The first-order valence-corrected chi connectivity index (χ1v) is 27.1. The van der Waals surface area contributed by atoms with Gasteiger partial charge in [0.1, 0.15) is 19.0 Å². The zero-order valence-electron chi connectivity index (χ0n) is 41.7. The Morgan fingerprint density at radius 2 is 0.714 bits per heavy atom. The lowest BCUT2D eigenvalue weighted by Gasteiger charge is -2.18. The number of carbonyl (C=O) groups excluding carboxylic acids is 3. The molecule has 0 aliphatic heterocycles. The molecule has 0 aliphatic carbocycles. The van der Waals surface area contributed by atoms with Crippen LogP contribution >= 0.6 is 0 Å². The van der Waals surface area contributed by atoms with E-state index in [4.69, 9.17) is 19.5 Å². The van der Waals surface area contributed by atoms with Crippen LogP contribution in [-0.4, -0.2) is 42.5 Å². The van der Waals surface area contributed by atoms with Gasteiger partial charge in [0.15, 0.2) is 6.10 Å². The van der Waals surface area contributed by atoms with Gasteiger partial charge in [0.05, 0.1) is 0 Å². The fraction of sp³-hybridized carbons (Fsp3) is 0.873. The number of unbranched alkanes of at least 4 members (excludes halogenated alkanes) is 33. The van der Waals surface area contributed by atoms with Crippen molar-refractivity contribution < 1.29 is 38.7 Å². The molecule has 0 aromatic rings. The molecule has 63 heavy (non-hydrogen) atoms. The van der Waals surface area contributed by atoms with Crippen LogP contribution in [0, 0.1) is 0 Å². The third kappa shape index (κ3) is 47.4. The van der Waals surface area contributed by atoms with Crippen LogP contribution in [0.1, 0.15) is 290 Å². The summed E-state index contributed by atoms with van der Waals surface area (Å²) in [4.78, 5) is 42.5. The highest BCUT2D eigenvalue weighted by molar-refractivity contribution is 5.71. The van der Waals surface area contributed by atoms with Gasteiger partial charge in [-0.05, 0) is 51.0 Å². The molecule has 0 aromatic carbocycles. The van der Waals surface area contributed by atoms with Crippen molar-refractivity contribution in [1.29, 1.82) is 0 Å². The summed E-state index contributed by atoms with van der Waals surface area (Å²) in [6.45, 7) is 6.50. The Morgan fingerprint density at radius 1 is 0.397 bits per heavy atom. The van der Waals surface area contributed by atoms with E-state index in [0.717, 1.165) is 109 Å². The van der Waals surface area contributed by atoms with Crippen LogP contribution < -0.4 is 0 Å². The Balaban J connectivity index is 4.42. The van der Waals surface area contributed by atoms with E-state index < -0.39 is 6.10 Å². The van der Waals surface area contributed by atoms with E-state index in [1.807, 2.05) is 6.08 Å². The van der Waals surface area contributed by atoms with Crippen molar-refractivity contribution in [3.05, 3.63) is 24.0 Å². The number of esters is 3. The van der Waals surface area contributed by atoms with Crippen molar-refractivity contribution in [3.63, 3.8) is 0 Å². The van der Waals surface area contributed by atoms with E-state index >= 15 is 0 Å². The van der Waals surface area contributed by atoms with Gasteiger partial charge in [0, 0.05) is 25.7 Å². The Labute approximate surface area is 389 Å². The van der Waals surface area contributed by atoms with Gasteiger partial charge in [0.2, 0.25) is 0 Å². The number of hydrogen-bond acceptors (Lipinski definition) is 8. The molecule has 8 heteroatoms. The molecule has 0 aromatic heterocycles. The molecule has 0 spiro atoms. The van der Waals surface area contributed by atoms with Gasteiger partial charge in [-0.1, -0.05) is 232 Å². The third-order valence-corrected chi connectivity index (χ3v) is 12.2. The topological polar surface area (TPSA) is 108 Å². The Morgan fingerprint density at radius 3 is 1.10 bits per heavy atom. The summed E-state index contributed by atoms with van der Waals surface area (Å²) >= 11 is 0. The highest BCUT2D eigenvalue weighted by Gasteiger charge is 2.19. The first-order valence-electron chi connectivity index (χ1n) is 27.1. The zero-order valence-corrected chi connectivity index (χ0v) is 41.7. The van der Waals surface area contributed by atoms with E-state index in [9.17, 15) is 14.4 Å². The van der Waals surface area contributed by atoms with Crippen LogP contribution in [0.5, 0.6) is 0 Å². The second kappa shape index (κ2) is 50.6. The molecule has 0 heterocycles. The highest BCUT2D eigenvalue weighted by atomic mass is 17.1. The van der Waals surface area contributed by atoms with Crippen molar-refractivity contribution >= 4 is 17.9 Å². The lowest BCUT2D eigenvalue weighted by Crippen LogP contribution is -2.30. The third-order valence-electron chi connectivity index (χ3n) is 12.2. The van der Waals surface area contributed by atoms with E-state index in [1.165, 1.54) is 141 Å². The van der Waals surface area contributed by atoms with E-state index in [2.05, 4.69) is 37.8 Å². The van der Waals surface area contributed by atoms with Crippen molar-refractivity contribution in [2.75, 3.05) is 13.2 Å². The number of ether oxygens (including phenoxy) is 3. The fourth-order valence-electron chi connectivity index (χ4n) is 8.01. The summed E-state index contributed by atoms with van der Waals surface area (Å²) in [6, 6.07) is 0. The van der Waals surface area contributed by atoms with Crippen LogP contribution in [0.15, 0.2) is 24.0 Å². The summed E-state index contributed by atoms with van der Waals surface area (Å²) in [6.07, 6.45) is 52.4. The second-order valence-electron chi connectivity index (χ2n) is 18.4. The van der Waals surface area contributed by atoms with Gasteiger partial charge in [-0.15, -0.1) is 0 Å². The number of allylic oxidation sites excluding steroid dienone is 4. The average molecular weight is 891 g/mol. The van der Waals surface area contributed by atoms with Crippen molar-refractivity contribution in [2.45, 2.75) is 297 Å². The molecular weight excluding hydrogens is 789 g/mol. The molecule has 0 fully saturated rings. The molecule has 0 aliphatic rings. The molecule has 370 valence electrons. The molecule has 1 atom stereocenters. The van der Waals surface area contributed by atoms with E-state index in [0.29, 0.717) is 25.0 Å². The Hall–Kier alpha value is -2.35. The minimum Gasteiger partial charge on any atom is -0.462 e. The number of carbonyl (C=O) groups is 3. The summed E-state index contributed by atoms with van der Waals surface area (Å²) in [5.74, 6) is -0.277. The van der Waals surface area contributed by atoms with Crippen LogP contribution in [0.3, 0.4) is 0 Å². The summed E-state index contributed by atoms with van der Waals surface area (Å²) < 4.78 is 16.8. The molecule has 8 nitrogen and oxygen atoms in total. The number of hydrogen-bond donors (Lipinski definition) is 1. The van der Waals surface area contributed by atoms with Gasteiger partial charge < -0.3 is 19.1 Å². The quantitative estimate of drug-likeness (QED) is 0.0122. The van der Waals surface area contributed by atoms with Gasteiger partial charge in [0.25, 0.3) is 0 Å². The molecule has 1 unspecified atom stereocenters. The molecule has 0 rings (SSSR count). The lowest BCUT2D eigenvalue weighted by atomic mass is 10.0. The van der Waals surface area contributed by atoms with Crippen molar-refractivity contribution in [3.8, 4) is 0 Å². The maximum atomic E-state index is 12.8. The zero-order chi connectivity index (χ0) is 45.9. The summed E-state index contributed by atoms with van der Waals surface area (Å²) in [5.41, 5.74) is 0. The van der Waals surface area contributed by atoms with Gasteiger partial charge in [-0.3, -0.25) is 14.4 Å². The SMILES string of the molecule is CCCCCCCCCCCCCCCCCC(=O)OC(COC(=O)CCCCCCC/C=C\C/C=C(\CCCCC)OO)COC(=O)CCCCCCCCCCCCCCC. The van der Waals surface area contributed by atoms with Crippen molar-refractivity contribution in [1.82, 2.24) is 0 Å². The average Bonchev–Trinajstić information content (AvgIpc) is 3.28. The summed E-state index contributed by atoms with van der Waals surface area (Å²) in [7, 11) is 0. The fourth-order valence-corrected chi connectivity index (χ4v) is 8.01.